The molecule has 2 saturated carbocycles. The molecule has 3 rings (SSSR count). The highest BCUT2D eigenvalue weighted by molar-refractivity contribution is 5.40. The number of methoxy groups -OCH3 is 1. The first-order chi connectivity index (χ1) is 7.77. The van der Waals surface area contributed by atoms with Crippen molar-refractivity contribution in [2.24, 2.45) is 11.7 Å². The summed E-state index contributed by atoms with van der Waals surface area (Å²) in [6.07, 6.45) is 5.28. The van der Waals surface area contributed by atoms with Crippen LogP contribution in [0.25, 0.3) is 0 Å². The summed E-state index contributed by atoms with van der Waals surface area (Å²) < 4.78 is 5.20. The number of rotatable bonds is 3. The van der Waals surface area contributed by atoms with E-state index in [1.165, 1.54) is 31.2 Å². The molecule has 86 valence electrons. The molecule has 2 N–H and O–H groups in total. The fourth-order valence-electron chi connectivity index (χ4n) is 3.17. The smallest absolute Gasteiger partial charge is 0.118 e. The molecule has 0 heterocycles. The maximum Gasteiger partial charge on any atom is 0.118 e. The van der Waals surface area contributed by atoms with E-state index in [4.69, 9.17) is 10.5 Å². The zero-order valence-corrected chi connectivity index (χ0v) is 9.78. The number of nitrogens with two attached hydrogens (primary N) is 1. The summed E-state index contributed by atoms with van der Waals surface area (Å²) in [7, 11) is 1.71. The lowest BCUT2D eigenvalue weighted by molar-refractivity contribution is 0.240. The molecule has 0 radical (unpaired) electrons. The van der Waals surface area contributed by atoms with Gasteiger partial charge < -0.3 is 10.5 Å². The van der Waals surface area contributed by atoms with Crippen molar-refractivity contribution in [2.45, 2.75) is 37.1 Å². The molecule has 2 atom stereocenters. The lowest BCUT2D eigenvalue weighted by Gasteiger charge is -2.35. The Morgan fingerprint density at radius 1 is 1.25 bits per heavy atom. The molecule has 0 aromatic heterocycles. The van der Waals surface area contributed by atoms with Gasteiger partial charge in [0.1, 0.15) is 5.75 Å². The first-order valence-corrected chi connectivity index (χ1v) is 6.17. The van der Waals surface area contributed by atoms with Crippen molar-refractivity contribution in [3.8, 4) is 5.75 Å². The fraction of sp³-hybridized carbons (Fsp3) is 0.571. The van der Waals surface area contributed by atoms with Gasteiger partial charge in [-0.1, -0.05) is 18.6 Å². The second-order valence-electron chi connectivity index (χ2n) is 5.21. The van der Waals surface area contributed by atoms with E-state index >= 15 is 0 Å². The topological polar surface area (TPSA) is 35.2 Å². The molecule has 2 aliphatic carbocycles. The average Bonchev–Trinajstić information content (AvgIpc) is 2.89. The van der Waals surface area contributed by atoms with E-state index in [0.717, 1.165) is 11.7 Å². The highest BCUT2D eigenvalue weighted by Crippen LogP contribution is 2.58. The molecule has 1 aromatic rings. The summed E-state index contributed by atoms with van der Waals surface area (Å²) in [4.78, 5) is 0. The third-order valence-corrected chi connectivity index (χ3v) is 4.52. The molecule has 0 saturated heterocycles. The molecule has 1 unspecified atom stereocenters. The fourth-order valence-corrected chi connectivity index (χ4v) is 3.17. The molecular weight excluding hydrogens is 198 g/mol. The Morgan fingerprint density at radius 2 is 1.88 bits per heavy atom. The monoisotopic (exact) mass is 217 g/mol. The number of benzene rings is 1. The number of hydrogen-bond acceptors (Lipinski definition) is 2. The molecule has 2 nitrogen and oxygen atoms in total. The van der Waals surface area contributed by atoms with Crippen LogP contribution in [0.5, 0.6) is 5.75 Å². The van der Waals surface area contributed by atoms with Crippen molar-refractivity contribution >= 4 is 0 Å². The minimum absolute atomic E-state index is 0.310. The van der Waals surface area contributed by atoms with Crippen LogP contribution < -0.4 is 10.5 Å². The first kappa shape index (κ1) is 10.2. The molecule has 2 heteroatoms. The lowest BCUT2D eigenvalue weighted by Crippen LogP contribution is -2.32. The van der Waals surface area contributed by atoms with Crippen molar-refractivity contribution < 1.29 is 4.74 Å². The standard InChI is InChI=1S/C14H19NO/c1-16-12-7-5-11(6-8-12)14(9-13(14)15)10-3-2-4-10/h5-8,10,13H,2-4,9,15H2,1H3/t13-,14?/m1/s1. The van der Waals surface area contributed by atoms with Gasteiger partial charge in [0, 0.05) is 11.5 Å². The largest absolute Gasteiger partial charge is 0.497 e. The van der Waals surface area contributed by atoms with Crippen LogP contribution in [-0.2, 0) is 5.41 Å². The third-order valence-electron chi connectivity index (χ3n) is 4.52. The van der Waals surface area contributed by atoms with Crippen molar-refractivity contribution in [3.63, 3.8) is 0 Å². The Labute approximate surface area is 96.8 Å². The Hall–Kier alpha value is -1.02. The quantitative estimate of drug-likeness (QED) is 0.844. The van der Waals surface area contributed by atoms with Gasteiger partial charge in [-0.05, 0) is 42.9 Å². The highest BCUT2D eigenvalue weighted by atomic mass is 16.5. The van der Waals surface area contributed by atoms with Crippen LogP contribution in [-0.4, -0.2) is 13.2 Å². The van der Waals surface area contributed by atoms with E-state index in [-0.39, 0.29) is 0 Å². The van der Waals surface area contributed by atoms with Gasteiger partial charge in [-0.25, -0.2) is 0 Å². The van der Waals surface area contributed by atoms with Gasteiger partial charge in [-0.2, -0.15) is 0 Å². The Balaban J connectivity index is 1.89. The minimum Gasteiger partial charge on any atom is -0.497 e. The SMILES string of the molecule is COc1ccc(C2(C3CCC3)C[C@H]2N)cc1. The third kappa shape index (κ3) is 1.29. The molecule has 2 fully saturated rings. The van der Waals surface area contributed by atoms with Gasteiger partial charge in [-0.15, -0.1) is 0 Å². The summed E-state index contributed by atoms with van der Waals surface area (Å²) in [6, 6.07) is 8.89. The molecule has 16 heavy (non-hydrogen) atoms. The lowest BCUT2D eigenvalue weighted by atomic mass is 9.70. The van der Waals surface area contributed by atoms with E-state index in [1.54, 1.807) is 7.11 Å². The van der Waals surface area contributed by atoms with Crippen LogP contribution in [0.3, 0.4) is 0 Å². The maximum absolute atomic E-state index is 6.18. The average molecular weight is 217 g/mol. The molecule has 0 bridgehead atoms. The van der Waals surface area contributed by atoms with Crippen LogP contribution in [0.1, 0.15) is 31.2 Å². The van der Waals surface area contributed by atoms with E-state index in [2.05, 4.69) is 24.3 Å². The van der Waals surface area contributed by atoms with E-state index in [0.29, 0.717) is 11.5 Å². The Kier molecular flexibility index (Phi) is 2.21. The van der Waals surface area contributed by atoms with Gasteiger partial charge in [0.05, 0.1) is 7.11 Å². The predicted molar refractivity (Wildman–Crippen MR) is 64.6 cm³/mol. The summed E-state index contributed by atoms with van der Waals surface area (Å²) in [5, 5.41) is 0. The molecule has 0 aliphatic heterocycles. The second kappa shape index (κ2) is 3.49. The van der Waals surface area contributed by atoms with Crippen LogP contribution in [0, 0.1) is 5.92 Å². The van der Waals surface area contributed by atoms with Crippen LogP contribution in [0.4, 0.5) is 0 Å². The molecule has 2 aliphatic rings. The van der Waals surface area contributed by atoms with E-state index < -0.39 is 0 Å². The molecule has 0 amide bonds. The van der Waals surface area contributed by atoms with E-state index in [1.807, 2.05) is 0 Å². The zero-order chi connectivity index (χ0) is 11.2. The molecule has 0 spiro atoms. The Bertz CT molecular complexity index is 382. The van der Waals surface area contributed by atoms with Crippen LogP contribution >= 0.6 is 0 Å². The zero-order valence-electron chi connectivity index (χ0n) is 9.78. The number of ether oxygens (including phenoxy) is 1. The predicted octanol–water partition coefficient (Wildman–Crippen LogP) is 2.46. The highest BCUT2D eigenvalue weighted by Gasteiger charge is 2.59. The summed E-state index contributed by atoms with van der Waals surface area (Å²) >= 11 is 0. The van der Waals surface area contributed by atoms with Gasteiger partial charge in [-0.3, -0.25) is 0 Å². The normalized spacial score (nSPS) is 33.2. The van der Waals surface area contributed by atoms with Crippen LogP contribution in [0.2, 0.25) is 0 Å². The second-order valence-corrected chi connectivity index (χ2v) is 5.21. The molecule has 1 aromatic carbocycles. The minimum atomic E-state index is 0.310. The summed E-state index contributed by atoms with van der Waals surface area (Å²) in [5.41, 5.74) is 7.91. The van der Waals surface area contributed by atoms with Gasteiger partial charge in [0.15, 0.2) is 0 Å². The van der Waals surface area contributed by atoms with Crippen molar-refractivity contribution in [1.29, 1.82) is 0 Å². The van der Waals surface area contributed by atoms with E-state index in [9.17, 15) is 0 Å². The van der Waals surface area contributed by atoms with Crippen LogP contribution in [0.15, 0.2) is 24.3 Å². The van der Waals surface area contributed by atoms with Crippen molar-refractivity contribution in [1.82, 2.24) is 0 Å². The maximum atomic E-state index is 6.18. The first-order valence-electron chi connectivity index (χ1n) is 6.17. The van der Waals surface area contributed by atoms with Crippen molar-refractivity contribution in [3.05, 3.63) is 29.8 Å². The van der Waals surface area contributed by atoms with Gasteiger partial charge in [0.2, 0.25) is 0 Å². The molecular formula is C14H19NO. The summed E-state index contributed by atoms with van der Waals surface area (Å²) in [5.74, 6) is 1.76. The van der Waals surface area contributed by atoms with Gasteiger partial charge in [0.25, 0.3) is 0 Å². The van der Waals surface area contributed by atoms with Crippen molar-refractivity contribution in [2.75, 3.05) is 7.11 Å². The number of hydrogen-bond donors (Lipinski definition) is 1. The Morgan fingerprint density at radius 3 is 2.25 bits per heavy atom. The summed E-state index contributed by atoms with van der Waals surface area (Å²) in [6.45, 7) is 0. The van der Waals surface area contributed by atoms with Gasteiger partial charge >= 0.3 is 0 Å².